The van der Waals surface area contributed by atoms with Crippen molar-refractivity contribution in [1.29, 1.82) is 0 Å². The van der Waals surface area contributed by atoms with Gasteiger partial charge in [0.25, 0.3) is 0 Å². The Morgan fingerprint density at radius 3 is 2.76 bits per heavy atom. The number of hydrogen-bond acceptors (Lipinski definition) is 4. The van der Waals surface area contributed by atoms with E-state index in [2.05, 4.69) is 14.9 Å². The number of morpholine rings is 1. The molecule has 0 bridgehead atoms. The van der Waals surface area contributed by atoms with Crippen molar-refractivity contribution < 1.29 is 4.74 Å². The molecule has 0 aromatic carbocycles. The smallest absolute Gasteiger partial charge is 0.152 e. The Labute approximate surface area is 111 Å². The third-order valence-electron chi connectivity index (χ3n) is 2.76. The van der Waals surface area contributed by atoms with Crippen LogP contribution in [0.15, 0.2) is 6.20 Å². The molecule has 0 amide bonds. The van der Waals surface area contributed by atoms with Gasteiger partial charge in [0.15, 0.2) is 5.15 Å². The predicted octanol–water partition coefficient (Wildman–Crippen LogP) is 2.05. The number of halogens is 2. The highest BCUT2D eigenvalue weighted by Crippen LogP contribution is 2.15. The van der Waals surface area contributed by atoms with Crippen molar-refractivity contribution in [2.75, 3.05) is 32.8 Å². The third-order valence-corrected chi connectivity index (χ3v) is 3.25. The lowest BCUT2D eigenvalue weighted by molar-refractivity contribution is 0.0374. The Balaban J connectivity index is 1.77. The molecule has 4 nitrogen and oxygen atoms in total. The normalized spacial score (nSPS) is 17.3. The standard InChI is InChI=1S/C11H15Cl2N3O/c12-10-8-14-9(11(13)15-10)2-1-3-16-4-6-17-7-5-16/h8H,1-7H2. The van der Waals surface area contributed by atoms with Crippen LogP contribution >= 0.6 is 23.2 Å². The topological polar surface area (TPSA) is 38.2 Å². The average molecular weight is 276 g/mol. The van der Waals surface area contributed by atoms with Crippen LogP contribution in [-0.2, 0) is 11.2 Å². The zero-order valence-corrected chi connectivity index (χ0v) is 11.0. The summed E-state index contributed by atoms with van der Waals surface area (Å²) in [6.07, 6.45) is 3.40. The molecule has 0 spiro atoms. The highest BCUT2D eigenvalue weighted by molar-refractivity contribution is 6.32. The number of rotatable bonds is 4. The van der Waals surface area contributed by atoms with Gasteiger partial charge in [-0.15, -0.1) is 0 Å². The van der Waals surface area contributed by atoms with Crippen LogP contribution in [0.5, 0.6) is 0 Å². The zero-order chi connectivity index (χ0) is 12.1. The quantitative estimate of drug-likeness (QED) is 0.843. The van der Waals surface area contributed by atoms with E-state index in [0.29, 0.717) is 10.3 Å². The minimum Gasteiger partial charge on any atom is -0.379 e. The minimum absolute atomic E-state index is 0.340. The third kappa shape index (κ3) is 4.07. The minimum atomic E-state index is 0.340. The lowest BCUT2D eigenvalue weighted by Gasteiger charge is -2.26. The van der Waals surface area contributed by atoms with Gasteiger partial charge in [-0.3, -0.25) is 9.88 Å². The van der Waals surface area contributed by atoms with Crippen LogP contribution in [0.25, 0.3) is 0 Å². The summed E-state index contributed by atoms with van der Waals surface area (Å²) in [7, 11) is 0. The fourth-order valence-corrected chi connectivity index (χ4v) is 2.25. The van der Waals surface area contributed by atoms with Crippen LogP contribution in [0, 0.1) is 0 Å². The number of hydrogen-bond donors (Lipinski definition) is 0. The first-order chi connectivity index (χ1) is 8.25. The van der Waals surface area contributed by atoms with E-state index >= 15 is 0 Å². The SMILES string of the molecule is Clc1cnc(CCCN2CCOCC2)c(Cl)n1. The van der Waals surface area contributed by atoms with Crippen molar-refractivity contribution in [3.05, 3.63) is 22.2 Å². The van der Waals surface area contributed by atoms with Gasteiger partial charge in [-0.1, -0.05) is 23.2 Å². The molecule has 0 saturated carbocycles. The maximum absolute atomic E-state index is 5.96. The van der Waals surface area contributed by atoms with Gasteiger partial charge in [0, 0.05) is 13.1 Å². The van der Waals surface area contributed by atoms with Gasteiger partial charge in [0.2, 0.25) is 0 Å². The van der Waals surface area contributed by atoms with Crippen LogP contribution in [0.1, 0.15) is 12.1 Å². The van der Waals surface area contributed by atoms with Crippen LogP contribution in [0.4, 0.5) is 0 Å². The molecule has 0 N–H and O–H groups in total. The van der Waals surface area contributed by atoms with Crippen molar-refractivity contribution in [2.45, 2.75) is 12.8 Å². The molecule has 94 valence electrons. The largest absolute Gasteiger partial charge is 0.379 e. The number of aryl methyl sites for hydroxylation is 1. The van der Waals surface area contributed by atoms with E-state index in [0.717, 1.165) is 51.4 Å². The van der Waals surface area contributed by atoms with Crippen molar-refractivity contribution >= 4 is 23.2 Å². The van der Waals surface area contributed by atoms with Crippen LogP contribution in [-0.4, -0.2) is 47.7 Å². The number of aromatic nitrogens is 2. The van der Waals surface area contributed by atoms with E-state index in [4.69, 9.17) is 27.9 Å². The summed E-state index contributed by atoms with van der Waals surface area (Å²) in [5, 5.41) is 0.756. The summed E-state index contributed by atoms with van der Waals surface area (Å²) in [5.41, 5.74) is 0.823. The van der Waals surface area contributed by atoms with Gasteiger partial charge < -0.3 is 4.74 Å². The summed E-state index contributed by atoms with van der Waals surface area (Å²) in [5.74, 6) is 0. The van der Waals surface area contributed by atoms with E-state index in [1.165, 1.54) is 6.20 Å². The first-order valence-corrected chi connectivity index (χ1v) is 6.48. The summed E-state index contributed by atoms with van der Waals surface area (Å²) < 4.78 is 5.30. The Morgan fingerprint density at radius 2 is 2.06 bits per heavy atom. The van der Waals surface area contributed by atoms with Gasteiger partial charge in [-0.2, -0.15) is 0 Å². The lowest BCUT2D eigenvalue weighted by atomic mass is 10.2. The summed E-state index contributed by atoms with van der Waals surface area (Å²) >= 11 is 11.7. The molecule has 6 heteroatoms. The molecule has 1 saturated heterocycles. The molecule has 1 fully saturated rings. The van der Waals surface area contributed by atoms with Crippen molar-refractivity contribution in [2.24, 2.45) is 0 Å². The Bertz CT molecular complexity index is 370. The Hall–Kier alpha value is -0.420. The molecule has 1 aliphatic rings. The molecule has 0 aliphatic carbocycles. The molecule has 1 aliphatic heterocycles. The first kappa shape index (κ1) is 13.0. The van der Waals surface area contributed by atoms with Crippen LogP contribution in [0.3, 0.4) is 0 Å². The van der Waals surface area contributed by atoms with E-state index in [1.807, 2.05) is 0 Å². The lowest BCUT2D eigenvalue weighted by Crippen LogP contribution is -2.37. The highest BCUT2D eigenvalue weighted by atomic mass is 35.5. The van der Waals surface area contributed by atoms with Gasteiger partial charge in [0.05, 0.1) is 25.1 Å². The van der Waals surface area contributed by atoms with Crippen molar-refractivity contribution in [3.8, 4) is 0 Å². The van der Waals surface area contributed by atoms with E-state index in [-0.39, 0.29) is 0 Å². The number of nitrogens with zero attached hydrogens (tertiary/aromatic N) is 3. The highest BCUT2D eigenvalue weighted by Gasteiger charge is 2.10. The Morgan fingerprint density at radius 1 is 1.29 bits per heavy atom. The van der Waals surface area contributed by atoms with E-state index in [1.54, 1.807) is 0 Å². The Kier molecular flexibility index (Phi) is 4.98. The van der Waals surface area contributed by atoms with Gasteiger partial charge in [-0.25, -0.2) is 4.98 Å². The van der Waals surface area contributed by atoms with Gasteiger partial charge in [-0.05, 0) is 19.4 Å². The van der Waals surface area contributed by atoms with E-state index < -0.39 is 0 Å². The van der Waals surface area contributed by atoms with Gasteiger partial charge in [0.1, 0.15) is 5.15 Å². The van der Waals surface area contributed by atoms with Crippen molar-refractivity contribution in [1.82, 2.24) is 14.9 Å². The first-order valence-electron chi connectivity index (χ1n) is 5.73. The molecule has 0 radical (unpaired) electrons. The molecule has 2 rings (SSSR count). The fourth-order valence-electron chi connectivity index (χ4n) is 1.83. The summed E-state index contributed by atoms with van der Waals surface area (Å²) in [6, 6.07) is 0. The molecule has 0 unspecified atom stereocenters. The summed E-state index contributed by atoms with van der Waals surface area (Å²) in [4.78, 5) is 10.6. The molecular weight excluding hydrogens is 261 g/mol. The molecular formula is C11H15Cl2N3O. The fraction of sp³-hybridized carbons (Fsp3) is 0.636. The predicted molar refractivity (Wildman–Crippen MR) is 67.6 cm³/mol. The maximum Gasteiger partial charge on any atom is 0.152 e. The molecule has 17 heavy (non-hydrogen) atoms. The zero-order valence-electron chi connectivity index (χ0n) is 9.53. The monoisotopic (exact) mass is 275 g/mol. The second-order valence-corrected chi connectivity index (χ2v) is 4.73. The second-order valence-electron chi connectivity index (χ2n) is 3.99. The van der Waals surface area contributed by atoms with Crippen molar-refractivity contribution in [3.63, 3.8) is 0 Å². The summed E-state index contributed by atoms with van der Waals surface area (Å²) in [6.45, 7) is 4.74. The molecule has 0 atom stereocenters. The maximum atomic E-state index is 5.96. The van der Waals surface area contributed by atoms with E-state index in [9.17, 15) is 0 Å². The van der Waals surface area contributed by atoms with Crippen LogP contribution < -0.4 is 0 Å². The second kappa shape index (κ2) is 6.50. The molecule has 1 aromatic rings. The molecule has 2 heterocycles. The average Bonchev–Trinajstić information content (AvgIpc) is 2.33. The number of ether oxygens (including phenoxy) is 1. The van der Waals surface area contributed by atoms with Gasteiger partial charge >= 0.3 is 0 Å². The van der Waals surface area contributed by atoms with Crippen LogP contribution in [0.2, 0.25) is 10.3 Å². The molecule has 1 aromatic heterocycles.